The van der Waals surface area contributed by atoms with Gasteiger partial charge in [0.2, 0.25) is 0 Å². The number of carbonyl (C=O) groups excluding carboxylic acids is 2. The van der Waals surface area contributed by atoms with Gasteiger partial charge in [0.1, 0.15) is 0 Å². The van der Waals surface area contributed by atoms with Gasteiger partial charge in [0.15, 0.2) is 6.61 Å². The van der Waals surface area contributed by atoms with Crippen LogP contribution in [0.1, 0.15) is 24.8 Å². The molecule has 0 bridgehead atoms. The van der Waals surface area contributed by atoms with Gasteiger partial charge in [-0.05, 0) is 31.2 Å². The van der Waals surface area contributed by atoms with Gasteiger partial charge in [-0.25, -0.2) is 0 Å². The van der Waals surface area contributed by atoms with Crippen LogP contribution in [0.25, 0.3) is 0 Å². The highest BCUT2D eigenvalue weighted by Crippen LogP contribution is 2.29. The maximum atomic E-state index is 11.4. The van der Waals surface area contributed by atoms with Crippen LogP contribution >= 0.6 is 0 Å². The molecule has 1 amide bonds. The molecule has 0 spiro atoms. The first-order valence-corrected chi connectivity index (χ1v) is 6.73. The Morgan fingerprint density at radius 1 is 1.21 bits per heavy atom. The summed E-state index contributed by atoms with van der Waals surface area (Å²) >= 11 is 0. The number of amides is 1. The monoisotopic (exact) mass is 261 g/mol. The largest absolute Gasteiger partial charge is 0.455 e. The third-order valence-electron chi connectivity index (χ3n) is 3.06. The van der Waals surface area contributed by atoms with Crippen LogP contribution in [-0.4, -0.2) is 25.0 Å². The van der Waals surface area contributed by atoms with Crippen LogP contribution in [0.4, 0.5) is 0 Å². The van der Waals surface area contributed by atoms with Gasteiger partial charge in [-0.1, -0.05) is 30.3 Å². The van der Waals surface area contributed by atoms with Gasteiger partial charge < -0.3 is 10.1 Å². The first-order valence-electron chi connectivity index (χ1n) is 6.73. The Hall–Kier alpha value is -1.84. The number of aryl methyl sites for hydroxylation is 1. The minimum Gasteiger partial charge on any atom is -0.455 e. The van der Waals surface area contributed by atoms with Crippen molar-refractivity contribution in [2.24, 2.45) is 5.92 Å². The van der Waals surface area contributed by atoms with E-state index in [1.165, 1.54) is 5.56 Å². The maximum Gasteiger partial charge on any atom is 0.309 e. The Balaban J connectivity index is 1.52. The van der Waals surface area contributed by atoms with Crippen molar-refractivity contribution in [3.63, 3.8) is 0 Å². The molecule has 1 aromatic rings. The van der Waals surface area contributed by atoms with Crippen LogP contribution < -0.4 is 5.32 Å². The predicted octanol–water partition coefficient (Wildman–Crippen LogP) is 1.69. The van der Waals surface area contributed by atoms with Gasteiger partial charge in [-0.15, -0.1) is 0 Å². The topological polar surface area (TPSA) is 55.4 Å². The summed E-state index contributed by atoms with van der Waals surface area (Å²) in [5.74, 6) is -0.410. The second-order valence-corrected chi connectivity index (χ2v) is 4.82. The van der Waals surface area contributed by atoms with Crippen LogP contribution in [0.2, 0.25) is 0 Å². The normalized spacial score (nSPS) is 13.9. The maximum absolute atomic E-state index is 11.4. The van der Waals surface area contributed by atoms with Crippen molar-refractivity contribution < 1.29 is 14.3 Å². The number of benzene rings is 1. The van der Waals surface area contributed by atoms with E-state index < -0.39 is 0 Å². The lowest BCUT2D eigenvalue weighted by molar-refractivity contribution is -0.149. The predicted molar refractivity (Wildman–Crippen MR) is 71.5 cm³/mol. The third-order valence-corrected chi connectivity index (χ3v) is 3.06. The summed E-state index contributed by atoms with van der Waals surface area (Å²) in [5.41, 5.74) is 1.26. The van der Waals surface area contributed by atoms with Crippen molar-refractivity contribution in [3.05, 3.63) is 35.9 Å². The molecule has 1 aliphatic rings. The number of ether oxygens (including phenoxy) is 1. The molecule has 1 saturated carbocycles. The van der Waals surface area contributed by atoms with Crippen molar-refractivity contribution in [2.75, 3.05) is 13.2 Å². The Morgan fingerprint density at radius 3 is 2.63 bits per heavy atom. The summed E-state index contributed by atoms with van der Waals surface area (Å²) in [6.07, 6.45) is 3.62. The van der Waals surface area contributed by atoms with E-state index in [9.17, 15) is 9.59 Å². The van der Waals surface area contributed by atoms with E-state index in [4.69, 9.17) is 4.74 Å². The summed E-state index contributed by atoms with van der Waals surface area (Å²) < 4.78 is 4.89. The van der Waals surface area contributed by atoms with Crippen LogP contribution in [0, 0.1) is 5.92 Å². The molecule has 0 unspecified atom stereocenters. The fraction of sp³-hybridized carbons (Fsp3) is 0.467. The molecule has 0 heterocycles. The van der Waals surface area contributed by atoms with Crippen LogP contribution in [0.15, 0.2) is 30.3 Å². The molecule has 1 aromatic carbocycles. The highest BCUT2D eigenvalue weighted by atomic mass is 16.5. The van der Waals surface area contributed by atoms with Crippen molar-refractivity contribution in [1.82, 2.24) is 5.32 Å². The zero-order chi connectivity index (χ0) is 13.5. The number of hydrogen-bond donors (Lipinski definition) is 1. The van der Waals surface area contributed by atoms with Gasteiger partial charge in [-0.2, -0.15) is 0 Å². The molecule has 1 fully saturated rings. The highest BCUT2D eigenvalue weighted by Gasteiger charge is 2.31. The number of hydrogen-bond acceptors (Lipinski definition) is 3. The standard InChI is InChI=1S/C15H19NO3/c17-14(11-19-15(18)13-8-9-13)16-10-4-7-12-5-2-1-3-6-12/h1-3,5-6,13H,4,7-11H2,(H,16,17). The fourth-order valence-electron chi connectivity index (χ4n) is 1.79. The first kappa shape index (κ1) is 13.6. The fourth-order valence-corrected chi connectivity index (χ4v) is 1.79. The van der Waals surface area contributed by atoms with E-state index in [-0.39, 0.29) is 24.4 Å². The Bertz CT molecular complexity index is 426. The minimum atomic E-state index is -0.237. The molecule has 0 saturated heterocycles. The lowest BCUT2D eigenvalue weighted by Crippen LogP contribution is -2.30. The lowest BCUT2D eigenvalue weighted by atomic mass is 10.1. The van der Waals surface area contributed by atoms with Gasteiger partial charge >= 0.3 is 5.97 Å². The second kappa shape index (κ2) is 6.92. The minimum absolute atomic E-state index is 0.0471. The zero-order valence-electron chi connectivity index (χ0n) is 10.9. The molecule has 102 valence electrons. The first-order chi connectivity index (χ1) is 9.25. The molecule has 4 nitrogen and oxygen atoms in total. The van der Waals surface area contributed by atoms with Gasteiger partial charge in [0.25, 0.3) is 5.91 Å². The van der Waals surface area contributed by atoms with E-state index in [0.29, 0.717) is 6.54 Å². The molecule has 19 heavy (non-hydrogen) atoms. The average molecular weight is 261 g/mol. The van der Waals surface area contributed by atoms with Crippen LogP contribution in [0.3, 0.4) is 0 Å². The van der Waals surface area contributed by atoms with Crippen molar-refractivity contribution in [2.45, 2.75) is 25.7 Å². The van der Waals surface area contributed by atoms with Crippen molar-refractivity contribution in [1.29, 1.82) is 0 Å². The molecule has 2 rings (SSSR count). The van der Waals surface area contributed by atoms with Crippen molar-refractivity contribution >= 4 is 11.9 Å². The van der Waals surface area contributed by atoms with E-state index in [1.54, 1.807) is 0 Å². The molecular formula is C15H19NO3. The SMILES string of the molecule is O=C(COC(=O)C1CC1)NCCCc1ccccc1. The smallest absolute Gasteiger partial charge is 0.309 e. The van der Waals surface area contributed by atoms with E-state index in [1.807, 2.05) is 18.2 Å². The van der Waals surface area contributed by atoms with E-state index in [2.05, 4.69) is 17.4 Å². The molecular weight excluding hydrogens is 242 g/mol. The van der Waals surface area contributed by atoms with Crippen molar-refractivity contribution in [3.8, 4) is 0 Å². The summed E-state index contributed by atoms with van der Waals surface area (Å²) in [4.78, 5) is 22.6. The summed E-state index contributed by atoms with van der Waals surface area (Å²) in [5, 5.41) is 2.75. The second-order valence-electron chi connectivity index (χ2n) is 4.82. The Labute approximate surface area is 113 Å². The van der Waals surface area contributed by atoms with Gasteiger partial charge in [0.05, 0.1) is 5.92 Å². The van der Waals surface area contributed by atoms with Gasteiger partial charge in [-0.3, -0.25) is 9.59 Å². The molecule has 0 aliphatic heterocycles. The molecule has 0 atom stereocenters. The van der Waals surface area contributed by atoms with Gasteiger partial charge in [0, 0.05) is 6.54 Å². The van der Waals surface area contributed by atoms with Crippen LogP contribution in [0.5, 0.6) is 0 Å². The lowest BCUT2D eigenvalue weighted by Gasteiger charge is -2.06. The Morgan fingerprint density at radius 2 is 1.95 bits per heavy atom. The van der Waals surface area contributed by atoms with E-state index in [0.717, 1.165) is 25.7 Å². The molecule has 0 aromatic heterocycles. The summed E-state index contributed by atoms with van der Waals surface area (Å²) in [6.45, 7) is 0.454. The zero-order valence-corrected chi connectivity index (χ0v) is 10.9. The molecule has 1 N–H and O–H groups in total. The average Bonchev–Trinajstić information content (AvgIpc) is 3.27. The number of esters is 1. The summed E-state index contributed by atoms with van der Waals surface area (Å²) in [6, 6.07) is 10.1. The summed E-state index contributed by atoms with van der Waals surface area (Å²) in [7, 11) is 0. The molecule has 0 radical (unpaired) electrons. The third kappa shape index (κ3) is 5.12. The molecule has 4 heteroatoms. The van der Waals surface area contributed by atoms with Crippen LogP contribution in [-0.2, 0) is 20.7 Å². The molecule has 1 aliphatic carbocycles. The Kier molecular flexibility index (Phi) is 4.95. The van der Waals surface area contributed by atoms with E-state index >= 15 is 0 Å². The number of carbonyl (C=O) groups is 2. The number of rotatable bonds is 7. The highest BCUT2D eigenvalue weighted by molar-refractivity contribution is 5.81. The quantitative estimate of drug-likeness (QED) is 0.600. The number of nitrogens with one attached hydrogen (secondary N) is 1.